The van der Waals surface area contributed by atoms with Gasteiger partial charge in [0.15, 0.2) is 0 Å². The van der Waals surface area contributed by atoms with E-state index in [0.717, 1.165) is 17.7 Å². The van der Waals surface area contributed by atoms with Gasteiger partial charge in [0.25, 0.3) is 0 Å². The Morgan fingerprint density at radius 1 is 1.44 bits per heavy atom. The maximum Gasteiger partial charge on any atom is 0.0885 e. The summed E-state index contributed by atoms with van der Waals surface area (Å²) in [5.74, 6) is 0. The van der Waals surface area contributed by atoms with Crippen LogP contribution >= 0.6 is 22.7 Å². The Hall–Kier alpha value is -1.17. The zero-order chi connectivity index (χ0) is 12.5. The Morgan fingerprint density at radius 3 is 3.06 bits per heavy atom. The van der Waals surface area contributed by atoms with E-state index >= 15 is 0 Å². The molecule has 3 rings (SSSR count). The highest BCUT2D eigenvalue weighted by atomic mass is 32.1. The summed E-state index contributed by atoms with van der Waals surface area (Å²) < 4.78 is 4.34. The molecule has 0 amide bonds. The maximum atomic E-state index is 10.2. The van der Waals surface area contributed by atoms with E-state index in [1.807, 2.05) is 19.4 Å². The van der Waals surface area contributed by atoms with Crippen LogP contribution in [0.3, 0.4) is 0 Å². The first kappa shape index (κ1) is 11.9. The van der Waals surface area contributed by atoms with Crippen LogP contribution in [0.4, 0.5) is 0 Å². The number of aromatic nitrogens is 2. The summed E-state index contributed by atoms with van der Waals surface area (Å²) in [6.45, 7) is 0. The van der Waals surface area contributed by atoms with Crippen molar-refractivity contribution in [3.8, 4) is 0 Å². The molecule has 3 heterocycles. The number of thiophene rings is 2. The Labute approximate surface area is 113 Å². The molecule has 0 radical (unpaired) electrons. The predicted octanol–water partition coefficient (Wildman–Crippen LogP) is 3.36. The second-order valence-corrected chi connectivity index (χ2v) is 6.44. The monoisotopic (exact) mass is 278 g/mol. The summed E-state index contributed by atoms with van der Waals surface area (Å²) in [6.07, 6.45) is 5.11. The van der Waals surface area contributed by atoms with Gasteiger partial charge in [-0.1, -0.05) is 0 Å². The zero-order valence-electron chi connectivity index (χ0n) is 10.0. The van der Waals surface area contributed by atoms with Crippen LogP contribution in [0.15, 0.2) is 29.9 Å². The van der Waals surface area contributed by atoms with Gasteiger partial charge >= 0.3 is 0 Å². The van der Waals surface area contributed by atoms with Crippen molar-refractivity contribution in [1.29, 1.82) is 0 Å². The molecule has 0 aliphatic rings. The Balaban J connectivity index is 1.67. The Bertz CT molecular complexity index is 624. The van der Waals surface area contributed by atoms with Crippen LogP contribution in [0.25, 0.3) is 9.40 Å². The van der Waals surface area contributed by atoms with Gasteiger partial charge in [0, 0.05) is 27.5 Å². The minimum absolute atomic E-state index is 0.366. The highest BCUT2D eigenvalue weighted by Crippen LogP contribution is 2.34. The number of rotatable bonds is 4. The predicted molar refractivity (Wildman–Crippen MR) is 76.2 cm³/mol. The molecule has 0 spiro atoms. The van der Waals surface area contributed by atoms with E-state index < -0.39 is 0 Å². The van der Waals surface area contributed by atoms with Crippen LogP contribution in [0.5, 0.6) is 0 Å². The molecular weight excluding hydrogens is 264 g/mol. The summed E-state index contributed by atoms with van der Waals surface area (Å²) in [7, 11) is 1.91. The molecule has 1 atom stereocenters. The van der Waals surface area contributed by atoms with E-state index in [9.17, 15) is 5.11 Å². The van der Waals surface area contributed by atoms with E-state index in [-0.39, 0.29) is 6.10 Å². The van der Waals surface area contributed by atoms with Gasteiger partial charge in [0.05, 0.1) is 12.3 Å². The van der Waals surface area contributed by atoms with Crippen LogP contribution in [0, 0.1) is 0 Å². The van der Waals surface area contributed by atoms with Crippen molar-refractivity contribution in [3.05, 3.63) is 40.3 Å². The molecule has 0 saturated heterocycles. The van der Waals surface area contributed by atoms with E-state index in [4.69, 9.17) is 0 Å². The largest absolute Gasteiger partial charge is 0.388 e. The number of aryl methyl sites for hydroxylation is 2. The average Bonchev–Trinajstić information content (AvgIpc) is 3.00. The van der Waals surface area contributed by atoms with Gasteiger partial charge in [0.1, 0.15) is 0 Å². The maximum absolute atomic E-state index is 10.2. The van der Waals surface area contributed by atoms with Crippen molar-refractivity contribution in [1.82, 2.24) is 9.78 Å². The number of hydrogen-bond donors (Lipinski definition) is 1. The van der Waals surface area contributed by atoms with Crippen molar-refractivity contribution in [2.75, 3.05) is 0 Å². The van der Waals surface area contributed by atoms with E-state index in [2.05, 4.69) is 22.6 Å². The van der Waals surface area contributed by atoms with E-state index in [1.165, 1.54) is 15.0 Å². The fourth-order valence-electron chi connectivity index (χ4n) is 2.00. The minimum atomic E-state index is -0.366. The molecule has 5 heteroatoms. The van der Waals surface area contributed by atoms with Gasteiger partial charge in [-0.05, 0) is 35.9 Å². The lowest BCUT2D eigenvalue weighted by atomic mass is 10.1. The van der Waals surface area contributed by atoms with Crippen LogP contribution < -0.4 is 0 Å². The first-order valence-corrected chi connectivity index (χ1v) is 7.54. The molecule has 0 bridgehead atoms. The van der Waals surface area contributed by atoms with Gasteiger partial charge in [0.2, 0.25) is 0 Å². The van der Waals surface area contributed by atoms with Crippen LogP contribution in [0.2, 0.25) is 0 Å². The van der Waals surface area contributed by atoms with E-state index in [0.29, 0.717) is 0 Å². The fraction of sp³-hybridized carbons (Fsp3) is 0.308. The van der Waals surface area contributed by atoms with Crippen LogP contribution in [0.1, 0.15) is 23.0 Å². The normalized spacial score (nSPS) is 13.2. The lowest BCUT2D eigenvalue weighted by molar-refractivity contribution is 0.171. The highest BCUT2D eigenvalue weighted by Gasteiger charge is 2.12. The molecule has 0 aliphatic heterocycles. The smallest absolute Gasteiger partial charge is 0.0885 e. The number of hydrogen-bond acceptors (Lipinski definition) is 4. The number of fused-ring (bicyclic) bond motifs is 1. The van der Waals surface area contributed by atoms with Gasteiger partial charge in [-0.3, -0.25) is 4.68 Å². The highest BCUT2D eigenvalue weighted by molar-refractivity contribution is 7.26. The van der Waals surface area contributed by atoms with Gasteiger partial charge in [-0.25, -0.2) is 0 Å². The molecule has 3 aromatic rings. The lowest BCUT2D eigenvalue weighted by Crippen LogP contribution is -1.96. The molecular formula is C13H14N2OS2. The SMILES string of the molecule is Cn1cc(CCC(O)c2cc3sccc3s2)cn1. The fourth-order valence-corrected chi connectivity index (χ4v) is 4.14. The van der Waals surface area contributed by atoms with Crippen molar-refractivity contribution in [2.24, 2.45) is 7.05 Å². The summed E-state index contributed by atoms with van der Waals surface area (Å²) in [5, 5.41) is 16.4. The summed E-state index contributed by atoms with van der Waals surface area (Å²) in [4.78, 5) is 1.07. The first-order chi connectivity index (χ1) is 8.72. The molecule has 1 unspecified atom stereocenters. The molecule has 18 heavy (non-hydrogen) atoms. The summed E-state index contributed by atoms with van der Waals surface area (Å²) in [5.41, 5.74) is 1.18. The van der Waals surface area contributed by atoms with Gasteiger partial charge in [-0.15, -0.1) is 22.7 Å². The molecule has 0 saturated carbocycles. The molecule has 94 valence electrons. The third-order valence-electron chi connectivity index (χ3n) is 2.95. The molecule has 3 nitrogen and oxygen atoms in total. The van der Waals surface area contributed by atoms with Crippen molar-refractivity contribution in [2.45, 2.75) is 18.9 Å². The number of aliphatic hydroxyl groups is 1. The average molecular weight is 278 g/mol. The van der Waals surface area contributed by atoms with Crippen molar-refractivity contribution >= 4 is 32.1 Å². The van der Waals surface area contributed by atoms with E-state index in [1.54, 1.807) is 27.4 Å². The van der Waals surface area contributed by atoms with Crippen molar-refractivity contribution in [3.63, 3.8) is 0 Å². The minimum Gasteiger partial charge on any atom is -0.388 e. The zero-order valence-corrected chi connectivity index (χ0v) is 11.7. The third-order valence-corrected chi connectivity index (χ3v) is 5.15. The summed E-state index contributed by atoms with van der Waals surface area (Å²) in [6, 6.07) is 4.22. The second kappa shape index (κ2) is 4.84. The van der Waals surface area contributed by atoms with Gasteiger partial charge < -0.3 is 5.11 Å². The Kier molecular flexibility index (Phi) is 3.20. The molecule has 0 aromatic carbocycles. The molecule has 0 aliphatic carbocycles. The third kappa shape index (κ3) is 2.34. The summed E-state index contributed by atoms with van der Waals surface area (Å²) >= 11 is 3.42. The van der Waals surface area contributed by atoms with Gasteiger partial charge in [-0.2, -0.15) is 5.10 Å². The quantitative estimate of drug-likeness (QED) is 0.794. The lowest BCUT2D eigenvalue weighted by Gasteiger charge is -2.06. The van der Waals surface area contributed by atoms with Crippen LogP contribution in [-0.4, -0.2) is 14.9 Å². The molecule has 0 fully saturated rings. The molecule has 3 aromatic heterocycles. The van der Waals surface area contributed by atoms with Crippen LogP contribution in [-0.2, 0) is 13.5 Å². The van der Waals surface area contributed by atoms with Crippen molar-refractivity contribution < 1.29 is 5.11 Å². The Morgan fingerprint density at radius 2 is 2.33 bits per heavy atom. The first-order valence-electron chi connectivity index (χ1n) is 5.85. The standard InChI is InChI=1S/C13H14N2OS2/c1-15-8-9(7-14-15)2-3-10(16)12-6-13-11(18-12)4-5-17-13/h4-8,10,16H,2-3H2,1H3. The molecule has 1 N–H and O–H groups in total. The second-order valence-electron chi connectivity index (χ2n) is 4.37. The number of aliphatic hydroxyl groups excluding tert-OH is 1. The number of nitrogens with zero attached hydrogens (tertiary/aromatic N) is 2. The topological polar surface area (TPSA) is 38.0 Å².